The lowest BCUT2D eigenvalue weighted by Crippen LogP contribution is -2.25. The second kappa shape index (κ2) is 5.13. The summed E-state index contributed by atoms with van der Waals surface area (Å²) in [5.74, 6) is 0.661. The van der Waals surface area contributed by atoms with E-state index in [4.69, 9.17) is 4.74 Å². The van der Waals surface area contributed by atoms with E-state index in [2.05, 4.69) is 24.3 Å². The highest BCUT2D eigenvalue weighted by Gasteiger charge is 2.44. The van der Waals surface area contributed by atoms with Gasteiger partial charge in [0.05, 0.1) is 5.92 Å². The molecule has 1 fully saturated rings. The molecule has 2 rings (SSSR count). The van der Waals surface area contributed by atoms with E-state index in [1.807, 2.05) is 26.8 Å². The second-order valence-electron chi connectivity index (χ2n) is 6.16. The Morgan fingerprint density at radius 1 is 1.28 bits per heavy atom. The Morgan fingerprint density at radius 2 is 1.94 bits per heavy atom. The van der Waals surface area contributed by atoms with E-state index in [1.54, 1.807) is 0 Å². The summed E-state index contributed by atoms with van der Waals surface area (Å²) in [4.78, 5) is 11.8. The molecule has 0 aliphatic heterocycles. The predicted octanol–water partition coefficient (Wildman–Crippen LogP) is 3.60. The van der Waals surface area contributed by atoms with Gasteiger partial charge < -0.3 is 4.74 Å². The summed E-state index contributed by atoms with van der Waals surface area (Å²) in [6.45, 7) is 5.77. The molecule has 1 aliphatic rings. The van der Waals surface area contributed by atoms with Gasteiger partial charge in [0.15, 0.2) is 0 Å². The molecule has 2 nitrogen and oxygen atoms in total. The Bertz CT molecular complexity index is 403. The maximum Gasteiger partial charge on any atom is 0.309 e. The molecule has 2 heteroatoms. The smallest absolute Gasteiger partial charge is 0.309 e. The second-order valence-corrected chi connectivity index (χ2v) is 6.16. The minimum Gasteiger partial charge on any atom is -0.460 e. The average molecular weight is 246 g/mol. The lowest BCUT2D eigenvalue weighted by atomic mass is 10.1. The van der Waals surface area contributed by atoms with E-state index in [0.29, 0.717) is 5.92 Å². The maximum atomic E-state index is 11.8. The fourth-order valence-electron chi connectivity index (χ4n) is 2.23. The minimum absolute atomic E-state index is 0.0134. The summed E-state index contributed by atoms with van der Waals surface area (Å²) in [6.07, 6.45) is 3.15. The minimum atomic E-state index is -0.357. The number of hydrogen-bond donors (Lipinski definition) is 0. The summed E-state index contributed by atoms with van der Waals surface area (Å²) in [5, 5.41) is 0. The molecule has 1 aromatic rings. The van der Waals surface area contributed by atoms with Crippen molar-refractivity contribution in [1.29, 1.82) is 0 Å². The van der Waals surface area contributed by atoms with E-state index in [9.17, 15) is 4.79 Å². The normalized spacial score (nSPS) is 22.6. The fourth-order valence-corrected chi connectivity index (χ4v) is 2.23. The van der Waals surface area contributed by atoms with Crippen LogP contribution in [-0.4, -0.2) is 11.6 Å². The van der Waals surface area contributed by atoms with Crippen LogP contribution >= 0.6 is 0 Å². The molecular formula is C16H22O2. The summed E-state index contributed by atoms with van der Waals surface area (Å²) in [5.41, 5.74) is 0.997. The molecule has 0 aromatic heterocycles. The first kappa shape index (κ1) is 13.1. The van der Waals surface area contributed by atoms with Crippen molar-refractivity contribution in [2.45, 2.75) is 45.6 Å². The number of carbonyl (C=O) groups excluding carboxylic acids is 1. The van der Waals surface area contributed by atoms with Crippen LogP contribution in [0.25, 0.3) is 0 Å². The van der Waals surface area contributed by atoms with Gasteiger partial charge in [-0.05, 0) is 51.5 Å². The van der Waals surface area contributed by atoms with Crippen molar-refractivity contribution in [3.63, 3.8) is 0 Å². The van der Waals surface area contributed by atoms with Crippen molar-refractivity contribution in [3.8, 4) is 0 Å². The Kier molecular flexibility index (Phi) is 3.74. The molecule has 98 valence electrons. The number of esters is 1. The summed E-state index contributed by atoms with van der Waals surface area (Å²) in [6, 6.07) is 10.4. The summed E-state index contributed by atoms with van der Waals surface area (Å²) < 4.78 is 5.40. The molecule has 0 bridgehead atoms. The van der Waals surface area contributed by atoms with Crippen LogP contribution in [0.2, 0.25) is 0 Å². The van der Waals surface area contributed by atoms with Gasteiger partial charge in [-0.3, -0.25) is 4.79 Å². The Balaban J connectivity index is 1.74. The van der Waals surface area contributed by atoms with Crippen LogP contribution < -0.4 is 0 Å². The molecule has 0 N–H and O–H groups in total. The number of ether oxygens (including phenoxy) is 1. The van der Waals surface area contributed by atoms with Gasteiger partial charge in [0.2, 0.25) is 0 Å². The molecule has 0 heterocycles. The van der Waals surface area contributed by atoms with Crippen molar-refractivity contribution < 1.29 is 9.53 Å². The highest BCUT2D eigenvalue weighted by Crippen LogP contribution is 2.43. The summed E-state index contributed by atoms with van der Waals surface area (Å²) >= 11 is 0. The fraction of sp³-hybridized carbons (Fsp3) is 0.562. The topological polar surface area (TPSA) is 26.3 Å². The molecule has 0 amide bonds. The van der Waals surface area contributed by atoms with Crippen molar-refractivity contribution in [1.82, 2.24) is 0 Å². The highest BCUT2D eigenvalue weighted by molar-refractivity contribution is 5.76. The van der Waals surface area contributed by atoms with Gasteiger partial charge >= 0.3 is 5.97 Å². The molecule has 0 unspecified atom stereocenters. The number of hydrogen-bond acceptors (Lipinski definition) is 2. The highest BCUT2D eigenvalue weighted by atomic mass is 16.6. The largest absolute Gasteiger partial charge is 0.460 e. The maximum absolute atomic E-state index is 11.8. The Morgan fingerprint density at radius 3 is 2.56 bits per heavy atom. The Hall–Kier alpha value is -1.31. The van der Waals surface area contributed by atoms with Gasteiger partial charge in [-0.1, -0.05) is 30.3 Å². The molecule has 0 saturated heterocycles. The van der Waals surface area contributed by atoms with E-state index in [0.717, 1.165) is 19.3 Å². The molecule has 0 spiro atoms. The average Bonchev–Trinajstić information content (AvgIpc) is 3.05. The van der Waals surface area contributed by atoms with E-state index in [1.165, 1.54) is 5.56 Å². The lowest BCUT2D eigenvalue weighted by molar-refractivity contribution is -0.156. The number of carbonyl (C=O) groups is 1. The van der Waals surface area contributed by atoms with Crippen LogP contribution in [0.3, 0.4) is 0 Å². The van der Waals surface area contributed by atoms with Gasteiger partial charge in [0.25, 0.3) is 0 Å². The summed E-state index contributed by atoms with van der Waals surface area (Å²) in [7, 11) is 0. The number of rotatable bonds is 4. The molecule has 0 radical (unpaired) electrons. The molecule has 18 heavy (non-hydrogen) atoms. The van der Waals surface area contributed by atoms with E-state index in [-0.39, 0.29) is 17.5 Å². The van der Waals surface area contributed by atoms with Crippen LogP contribution in [0.1, 0.15) is 39.2 Å². The van der Waals surface area contributed by atoms with Gasteiger partial charge in [0.1, 0.15) is 5.60 Å². The zero-order valence-electron chi connectivity index (χ0n) is 11.5. The van der Waals surface area contributed by atoms with Crippen molar-refractivity contribution in [3.05, 3.63) is 35.9 Å². The van der Waals surface area contributed by atoms with Crippen molar-refractivity contribution in [2.75, 3.05) is 0 Å². The third-order valence-electron chi connectivity index (χ3n) is 3.28. The standard InChI is InChI=1S/C16H22O2/c1-16(2,3)18-15(17)14-11-13(14)10-9-12-7-5-4-6-8-12/h4-8,13-14H,9-11H2,1-3H3/t13-,14-/m0/s1. The van der Waals surface area contributed by atoms with Crippen LogP contribution in [-0.2, 0) is 16.0 Å². The SMILES string of the molecule is CC(C)(C)OC(=O)[C@H]1C[C@@H]1CCc1ccccc1. The van der Waals surface area contributed by atoms with Crippen molar-refractivity contribution >= 4 is 5.97 Å². The van der Waals surface area contributed by atoms with Gasteiger partial charge in [-0.2, -0.15) is 0 Å². The molecule has 1 aromatic carbocycles. The van der Waals surface area contributed by atoms with E-state index < -0.39 is 0 Å². The van der Waals surface area contributed by atoms with Crippen LogP contribution in [0.5, 0.6) is 0 Å². The predicted molar refractivity (Wildman–Crippen MR) is 72.2 cm³/mol. The first-order valence-corrected chi connectivity index (χ1v) is 6.72. The molecule has 1 aliphatic carbocycles. The molecular weight excluding hydrogens is 224 g/mol. The lowest BCUT2D eigenvalue weighted by Gasteiger charge is -2.19. The first-order chi connectivity index (χ1) is 8.46. The zero-order valence-corrected chi connectivity index (χ0v) is 11.5. The van der Waals surface area contributed by atoms with Gasteiger partial charge in [-0.15, -0.1) is 0 Å². The molecule has 1 saturated carbocycles. The third kappa shape index (κ3) is 3.86. The first-order valence-electron chi connectivity index (χ1n) is 6.72. The van der Waals surface area contributed by atoms with Gasteiger partial charge in [-0.25, -0.2) is 0 Å². The monoisotopic (exact) mass is 246 g/mol. The number of benzene rings is 1. The zero-order chi connectivity index (χ0) is 13.2. The Labute approximate surface area is 109 Å². The van der Waals surface area contributed by atoms with Crippen LogP contribution in [0, 0.1) is 11.8 Å². The third-order valence-corrected chi connectivity index (χ3v) is 3.28. The van der Waals surface area contributed by atoms with Crippen LogP contribution in [0.4, 0.5) is 0 Å². The quantitative estimate of drug-likeness (QED) is 0.759. The number of aryl methyl sites for hydroxylation is 1. The van der Waals surface area contributed by atoms with Crippen LogP contribution in [0.15, 0.2) is 30.3 Å². The molecule has 2 atom stereocenters. The van der Waals surface area contributed by atoms with E-state index >= 15 is 0 Å². The van der Waals surface area contributed by atoms with Gasteiger partial charge in [0, 0.05) is 0 Å². The van der Waals surface area contributed by atoms with Crippen molar-refractivity contribution in [2.24, 2.45) is 11.8 Å².